The highest BCUT2D eigenvalue weighted by atomic mass is 16.5. The summed E-state index contributed by atoms with van der Waals surface area (Å²) in [6.07, 6.45) is 2.50. The molecule has 0 radical (unpaired) electrons. The molecule has 0 spiro atoms. The Labute approximate surface area is 498 Å². The van der Waals surface area contributed by atoms with E-state index in [9.17, 15) is 46.0 Å². The predicted molar refractivity (Wildman–Crippen MR) is 314 cm³/mol. The maximum absolute atomic E-state index is 13.3. The Bertz CT molecular complexity index is 3020. The second kappa shape index (κ2) is 31.4. The first-order chi connectivity index (χ1) is 40.8. The fourth-order valence-electron chi connectivity index (χ4n) is 10.3. The Morgan fingerprint density at radius 3 is 0.906 bits per heavy atom. The lowest BCUT2D eigenvalue weighted by molar-refractivity contribution is -0.130. The van der Waals surface area contributed by atoms with Crippen LogP contribution < -0.4 is 30.2 Å². The molecule has 0 aliphatic heterocycles. The van der Waals surface area contributed by atoms with Crippen LogP contribution in [0.4, 0.5) is 0 Å². The van der Waals surface area contributed by atoms with E-state index in [2.05, 4.69) is 39.1 Å². The number of carbonyl (C=O) groups is 3. The van der Waals surface area contributed by atoms with Gasteiger partial charge in [0.25, 0.3) is 0 Å². The van der Waals surface area contributed by atoms with E-state index >= 15 is 0 Å². The SMILES string of the molecule is CC1(C)CC(NCCOCCN(CCOCCNC2=C(C#N)/C(=C(\C#N)C(=O)Oc3ccccc3)CC(C)(C)C2)CCOCCNC2=C(C#N)/C(=C(\C#N)C(=O)Oc3ccccc3)CC(C)(C)C2)=C(C#N)/C(=C(\C#N)C(=O)Oc2ccccc2)C1. The summed E-state index contributed by atoms with van der Waals surface area (Å²) in [6.45, 7) is 16.4. The highest BCUT2D eigenvalue weighted by Gasteiger charge is 2.37. The summed E-state index contributed by atoms with van der Waals surface area (Å²) >= 11 is 0. The molecule has 3 N–H and O–H groups in total. The molecule has 0 amide bonds. The van der Waals surface area contributed by atoms with Crippen LogP contribution in [0.5, 0.6) is 17.2 Å². The van der Waals surface area contributed by atoms with E-state index in [0.717, 1.165) is 0 Å². The lowest BCUT2D eigenvalue weighted by Crippen LogP contribution is -2.36. The second-order valence-corrected chi connectivity index (χ2v) is 22.9. The Kier molecular flexibility index (Phi) is 23.9. The third kappa shape index (κ3) is 19.1. The number of esters is 3. The largest absolute Gasteiger partial charge is 0.422 e. The standard InChI is InChI=1S/C66H72N10O9/c1-64(2)34-49(55(43-70)61(77)83-46-16-10-7-11-17-46)52(40-67)58(37-64)73-22-28-80-31-25-76(26-32-81-29-23-74-59-38-65(3,4)35-50(53(59)41-68)56(44-71)62(78)84-47-18-12-8-13-19-47)27-33-82-30-24-75-60-39-66(5,6)36-51(54(60)42-69)57(45-72)63(79)85-48-20-14-9-15-21-48/h7-21,73-75H,22-39H2,1-6H3/b55-49+,56-50+,57-51+. The molecule has 0 saturated heterocycles. The van der Waals surface area contributed by atoms with Crippen LogP contribution >= 0.6 is 0 Å². The molecule has 85 heavy (non-hydrogen) atoms. The molecular weight excluding hydrogens is 1080 g/mol. The Morgan fingerprint density at radius 2 is 0.671 bits per heavy atom. The van der Waals surface area contributed by atoms with Crippen molar-refractivity contribution in [2.24, 2.45) is 16.2 Å². The highest BCUT2D eigenvalue weighted by molar-refractivity contribution is 5.98. The lowest BCUT2D eigenvalue weighted by Gasteiger charge is -2.34. The first kappa shape index (κ1) is 64.9. The normalized spacial score (nSPS) is 17.8. The van der Waals surface area contributed by atoms with Gasteiger partial charge in [0.05, 0.1) is 56.4 Å². The number of nitrogens with zero attached hydrogens (tertiary/aromatic N) is 7. The van der Waals surface area contributed by atoms with Crippen LogP contribution in [0.2, 0.25) is 0 Å². The Morgan fingerprint density at radius 1 is 0.412 bits per heavy atom. The van der Waals surface area contributed by atoms with Gasteiger partial charge in [-0.25, -0.2) is 14.4 Å². The molecule has 3 aliphatic rings. The molecule has 0 aromatic heterocycles. The van der Waals surface area contributed by atoms with E-state index in [-0.39, 0.29) is 86.8 Å². The van der Waals surface area contributed by atoms with Crippen molar-refractivity contribution >= 4 is 17.9 Å². The van der Waals surface area contributed by atoms with E-state index in [1.807, 2.05) is 59.8 Å². The van der Waals surface area contributed by atoms with Crippen molar-refractivity contribution in [3.05, 3.63) is 158 Å². The number of hydrogen-bond donors (Lipinski definition) is 3. The van der Waals surface area contributed by atoms with Crippen molar-refractivity contribution in [2.45, 2.75) is 80.1 Å². The zero-order valence-electron chi connectivity index (χ0n) is 49.2. The molecule has 0 atom stereocenters. The van der Waals surface area contributed by atoms with Crippen molar-refractivity contribution in [3.8, 4) is 53.7 Å². The quantitative estimate of drug-likeness (QED) is 0.0211. The van der Waals surface area contributed by atoms with Crippen LogP contribution in [-0.4, -0.2) is 102 Å². The lowest BCUT2D eigenvalue weighted by atomic mass is 9.73. The Hall–Kier alpha value is -9.31. The van der Waals surface area contributed by atoms with Crippen molar-refractivity contribution < 1.29 is 42.8 Å². The number of hydrogen-bond acceptors (Lipinski definition) is 19. The number of para-hydroxylation sites is 3. The first-order valence-electron chi connectivity index (χ1n) is 28.1. The molecule has 0 bridgehead atoms. The number of rotatable bonds is 27. The molecule has 3 aromatic rings. The summed E-state index contributed by atoms with van der Waals surface area (Å²) in [4.78, 5) is 41.9. The van der Waals surface area contributed by atoms with Crippen LogP contribution in [0.15, 0.2) is 158 Å². The highest BCUT2D eigenvalue weighted by Crippen LogP contribution is 2.45. The van der Waals surface area contributed by atoms with Crippen molar-refractivity contribution in [2.75, 3.05) is 78.9 Å². The van der Waals surface area contributed by atoms with Gasteiger partial charge in [0.15, 0.2) is 0 Å². The summed E-state index contributed by atoms with van der Waals surface area (Å²) in [7, 11) is 0. The second-order valence-electron chi connectivity index (χ2n) is 22.9. The van der Waals surface area contributed by atoms with Gasteiger partial charge in [-0.3, -0.25) is 4.90 Å². The smallest absolute Gasteiger partial charge is 0.354 e. The van der Waals surface area contributed by atoms with Gasteiger partial charge in [-0.1, -0.05) is 96.1 Å². The first-order valence-corrected chi connectivity index (χ1v) is 28.1. The predicted octanol–water partition coefficient (Wildman–Crippen LogP) is 9.18. The number of benzene rings is 3. The minimum Gasteiger partial charge on any atom is -0.422 e. The maximum Gasteiger partial charge on any atom is 0.354 e. The molecule has 6 rings (SSSR count). The third-order valence-electron chi connectivity index (χ3n) is 14.2. The van der Waals surface area contributed by atoms with Crippen molar-refractivity contribution in [1.29, 1.82) is 31.6 Å². The van der Waals surface area contributed by atoms with Gasteiger partial charge in [-0.2, -0.15) is 31.6 Å². The van der Waals surface area contributed by atoms with Gasteiger partial charge in [0, 0.05) is 56.4 Å². The zero-order chi connectivity index (χ0) is 61.4. The number of allylic oxidation sites excluding steroid dienone is 9. The summed E-state index contributed by atoms with van der Waals surface area (Å²) in [5.74, 6) is -1.63. The van der Waals surface area contributed by atoms with Crippen LogP contribution in [-0.2, 0) is 28.6 Å². The van der Waals surface area contributed by atoms with E-state index < -0.39 is 17.9 Å². The summed E-state index contributed by atoms with van der Waals surface area (Å²) < 4.78 is 34.8. The van der Waals surface area contributed by atoms with E-state index in [0.29, 0.717) is 131 Å². The van der Waals surface area contributed by atoms with E-state index in [4.69, 9.17) is 28.4 Å². The molecule has 19 heteroatoms. The number of nitrogens with one attached hydrogen (secondary N) is 3. The molecule has 3 aromatic carbocycles. The fourth-order valence-corrected chi connectivity index (χ4v) is 10.3. The fraction of sp³-hybridized carbons (Fsp3) is 0.409. The minimum absolute atomic E-state index is 0.218. The van der Waals surface area contributed by atoms with Crippen molar-refractivity contribution in [3.63, 3.8) is 0 Å². The minimum atomic E-state index is -0.830. The van der Waals surface area contributed by atoms with Gasteiger partial charge in [0.1, 0.15) is 70.4 Å². The number of ether oxygens (including phenoxy) is 6. The van der Waals surface area contributed by atoms with Gasteiger partial charge in [-0.15, -0.1) is 0 Å². The van der Waals surface area contributed by atoms with Crippen LogP contribution in [0.25, 0.3) is 0 Å². The molecule has 440 valence electrons. The number of carbonyl (C=O) groups excluding carboxylic acids is 3. The molecule has 19 nitrogen and oxygen atoms in total. The maximum atomic E-state index is 13.3. The van der Waals surface area contributed by atoms with E-state index in [1.165, 1.54) is 0 Å². The topological polar surface area (TPSA) is 289 Å². The average Bonchev–Trinajstić information content (AvgIpc) is 2.59. The number of nitriles is 6. The molecule has 0 saturated carbocycles. The van der Waals surface area contributed by atoms with Gasteiger partial charge in [-0.05, 0) is 108 Å². The average molecular weight is 1150 g/mol. The summed E-state index contributed by atoms with van der Waals surface area (Å²) in [6, 6.07) is 38.0. The van der Waals surface area contributed by atoms with Crippen molar-refractivity contribution in [1.82, 2.24) is 20.9 Å². The molecule has 0 heterocycles. The van der Waals surface area contributed by atoms with Gasteiger partial charge >= 0.3 is 17.9 Å². The monoisotopic (exact) mass is 1150 g/mol. The third-order valence-corrected chi connectivity index (χ3v) is 14.2. The summed E-state index contributed by atoms with van der Waals surface area (Å²) in [5.41, 5.74) is 1.72. The van der Waals surface area contributed by atoms with Gasteiger partial charge in [0.2, 0.25) is 0 Å². The van der Waals surface area contributed by atoms with Crippen LogP contribution in [0, 0.1) is 84.2 Å². The van der Waals surface area contributed by atoms with Gasteiger partial charge < -0.3 is 44.4 Å². The molecule has 0 fully saturated rings. The molecule has 3 aliphatic carbocycles. The Balaban J connectivity index is 1.07. The van der Waals surface area contributed by atoms with E-state index in [1.54, 1.807) is 91.0 Å². The van der Waals surface area contributed by atoms with Crippen LogP contribution in [0.3, 0.4) is 0 Å². The van der Waals surface area contributed by atoms with Crippen LogP contribution in [0.1, 0.15) is 80.1 Å². The molecule has 0 unspecified atom stereocenters. The summed E-state index contributed by atoms with van der Waals surface area (Å²) in [5, 5.41) is 71.5. The zero-order valence-corrected chi connectivity index (χ0v) is 49.2. The molecular formula is C66H72N10O9.